The van der Waals surface area contributed by atoms with Crippen LogP contribution in [-0.2, 0) is 10.0 Å². The minimum atomic E-state index is -3.72. The lowest BCUT2D eigenvalue weighted by molar-refractivity contribution is 0.0921. The van der Waals surface area contributed by atoms with E-state index in [0.717, 1.165) is 31.8 Å². The summed E-state index contributed by atoms with van der Waals surface area (Å²) in [6, 6.07) is 4.75. The molecular formula is C22H34ClN3O3S. The highest BCUT2D eigenvalue weighted by molar-refractivity contribution is 7.89. The maximum absolute atomic E-state index is 13.1. The minimum Gasteiger partial charge on any atom is -0.350 e. The Morgan fingerprint density at radius 3 is 2.53 bits per heavy atom. The van der Waals surface area contributed by atoms with Crippen molar-refractivity contribution in [3.8, 4) is 0 Å². The molecule has 1 aromatic rings. The van der Waals surface area contributed by atoms with Gasteiger partial charge in [-0.3, -0.25) is 9.69 Å². The number of likely N-dealkylation sites (tertiary alicyclic amines) is 1. The Bertz CT molecular complexity index is 853. The molecule has 2 atom stereocenters. The van der Waals surface area contributed by atoms with Gasteiger partial charge in [-0.05, 0) is 75.7 Å². The fourth-order valence-electron chi connectivity index (χ4n) is 4.29. The molecule has 2 aliphatic heterocycles. The smallest absolute Gasteiger partial charge is 0.251 e. The van der Waals surface area contributed by atoms with Crippen LogP contribution in [0.5, 0.6) is 0 Å². The predicted molar refractivity (Wildman–Crippen MR) is 120 cm³/mol. The maximum Gasteiger partial charge on any atom is 0.251 e. The highest BCUT2D eigenvalue weighted by Gasteiger charge is 2.31. The average Bonchev–Trinajstić information content (AvgIpc) is 2.72. The van der Waals surface area contributed by atoms with E-state index in [1.807, 2.05) is 0 Å². The van der Waals surface area contributed by atoms with Crippen LogP contribution in [0, 0.1) is 11.8 Å². The van der Waals surface area contributed by atoms with Crippen LogP contribution in [0.25, 0.3) is 0 Å². The normalized spacial score (nSPS) is 23.3. The number of sulfonamides is 1. The first-order valence-corrected chi connectivity index (χ1v) is 12.8. The Morgan fingerprint density at radius 1 is 1.17 bits per heavy atom. The molecule has 2 aliphatic rings. The molecule has 2 fully saturated rings. The Hall–Kier alpha value is -1.15. The maximum atomic E-state index is 13.1. The lowest BCUT2D eigenvalue weighted by Gasteiger charge is -2.35. The van der Waals surface area contributed by atoms with E-state index in [1.165, 1.54) is 29.3 Å². The van der Waals surface area contributed by atoms with Gasteiger partial charge in [-0.15, -0.1) is 0 Å². The summed E-state index contributed by atoms with van der Waals surface area (Å²) < 4.78 is 27.8. The van der Waals surface area contributed by atoms with Crippen molar-refractivity contribution < 1.29 is 13.2 Å². The van der Waals surface area contributed by atoms with E-state index in [4.69, 9.17) is 11.6 Å². The van der Waals surface area contributed by atoms with Crippen molar-refractivity contribution in [1.29, 1.82) is 0 Å². The van der Waals surface area contributed by atoms with Gasteiger partial charge >= 0.3 is 0 Å². The minimum absolute atomic E-state index is 0.0176. The van der Waals surface area contributed by atoms with E-state index in [9.17, 15) is 13.2 Å². The molecule has 0 bridgehead atoms. The fourth-order valence-corrected chi connectivity index (χ4v) is 6.39. The van der Waals surface area contributed by atoms with Crippen LogP contribution in [-0.4, -0.2) is 62.3 Å². The van der Waals surface area contributed by atoms with Gasteiger partial charge in [-0.25, -0.2) is 8.42 Å². The van der Waals surface area contributed by atoms with E-state index < -0.39 is 10.0 Å². The molecule has 1 aromatic carbocycles. The van der Waals surface area contributed by atoms with Crippen LogP contribution in [0.4, 0.5) is 0 Å². The van der Waals surface area contributed by atoms with Crippen molar-refractivity contribution in [3.63, 3.8) is 0 Å². The molecule has 1 N–H and O–H groups in total. The molecule has 0 saturated carbocycles. The largest absolute Gasteiger partial charge is 0.350 e. The average molecular weight is 456 g/mol. The molecule has 30 heavy (non-hydrogen) atoms. The van der Waals surface area contributed by atoms with Crippen molar-refractivity contribution in [2.75, 3.05) is 32.7 Å². The standard InChI is InChI=1S/C22H34ClN3O3S/c1-16-8-11-25(12-9-16)18(3)14-24-22(27)19-6-7-20(23)21(13-19)30(28,29)26-10-4-5-17(2)15-26/h6-7,13,16-18H,4-5,8-12,14-15H2,1-3H3,(H,24,27). The Labute approximate surface area is 186 Å². The number of carbonyl (C=O) groups is 1. The molecule has 8 heteroatoms. The number of rotatable bonds is 6. The summed E-state index contributed by atoms with van der Waals surface area (Å²) in [6.45, 7) is 10.1. The summed E-state index contributed by atoms with van der Waals surface area (Å²) in [6.07, 6.45) is 4.24. The highest BCUT2D eigenvalue weighted by atomic mass is 35.5. The van der Waals surface area contributed by atoms with Crippen molar-refractivity contribution in [2.24, 2.45) is 11.8 Å². The number of benzene rings is 1. The van der Waals surface area contributed by atoms with Crippen LogP contribution in [0.15, 0.2) is 23.1 Å². The molecule has 2 unspecified atom stereocenters. The highest BCUT2D eigenvalue weighted by Crippen LogP contribution is 2.29. The van der Waals surface area contributed by atoms with Crippen molar-refractivity contribution in [1.82, 2.24) is 14.5 Å². The monoisotopic (exact) mass is 455 g/mol. The second-order valence-electron chi connectivity index (χ2n) is 9.03. The number of hydrogen-bond donors (Lipinski definition) is 1. The quantitative estimate of drug-likeness (QED) is 0.711. The first-order chi connectivity index (χ1) is 14.2. The van der Waals surface area contributed by atoms with Crippen LogP contribution in [0.3, 0.4) is 0 Å². The summed E-state index contributed by atoms with van der Waals surface area (Å²) >= 11 is 6.24. The third-order valence-corrected chi connectivity index (χ3v) is 8.78. The second kappa shape index (κ2) is 9.98. The summed E-state index contributed by atoms with van der Waals surface area (Å²) in [7, 11) is -3.72. The van der Waals surface area contributed by atoms with Crippen molar-refractivity contribution in [3.05, 3.63) is 28.8 Å². The summed E-state index contributed by atoms with van der Waals surface area (Å²) in [4.78, 5) is 15.1. The number of nitrogens with one attached hydrogen (secondary N) is 1. The SMILES string of the molecule is CC1CCN(C(C)CNC(=O)c2ccc(Cl)c(S(=O)(=O)N3CCCC(C)C3)c2)CC1. The zero-order valence-electron chi connectivity index (χ0n) is 18.2. The predicted octanol–water partition coefficient (Wildman–Crippen LogP) is 3.61. The molecule has 2 saturated heterocycles. The topological polar surface area (TPSA) is 69.7 Å². The molecule has 3 rings (SSSR count). The number of amides is 1. The number of piperidine rings is 2. The van der Waals surface area contributed by atoms with Crippen LogP contribution in [0.1, 0.15) is 56.8 Å². The number of halogens is 1. The molecule has 2 heterocycles. The van der Waals surface area contributed by atoms with Crippen molar-refractivity contribution >= 4 is 27.5 Å². The molecule has 0 radical (unpaired) electrons. The lowest BCUT2D eigenvalue weighted by Crippen LogP contribution is -2.45. The molecular weight excluding hydrogens is 422 g/mol. The fraction of sp³-hybridized carbons (Fsp3) is 0.682. The summed E-state index contributed by atoms with van der Waals surface area (Å²) in [5, 5.41) is 3.11. The van der Waals surface area contributed by atoms with E-state index in [0.29, 0.717) is 31.1 Å². The van der Waals surface area contributed by atoms with Gasteiger partial charge in [0, 0.05) is 31.2 Å². The van der Waals surface area contributed by atoms with Gasteiger partial charge in [0.25, 0.3) is 5.91 Å². The zero-order valence-corrected chi connectivity index (χ0v) is 19.8. The van der Waals surface area contributed by atoms with Gasteiger partial charge in [-0.2, -0.15) is 4.31 Å². The van der Waals surface area contributed by atoms with Gasteiger partial charge in [-0.1, -0.05) is 25.4 Å². The van der Waals surface area contributed by atoms with Crippen LogP contribution < -0.4 is 5.32 Å². The van der Waals surface area contributed by atoms with Gasteiger partial charge in [0.2, 0.25) is 10.0 Å². The van der Waals surface area contributed by atoms with Crippen molar-refractivity contribution in [2.45, 2.75) is 57.4 Å². The molecule has 0 spiro atoms. The molecule has 6 nitrogen and oxygen atoms in total. The Balaban J connectivity index is 1.67. The lowest BCUT2D eigenvalue weighted by atomic mass is 9.98. The van der Waals surface area contributed by atoms with E-state index in [2.05, 4.69) is 31.0 Å². The second-order valence-corrected chi connectivity index (χ2v) is 11.3. The number of nitrogens with zero attached hydrogens (tertiary/aromatic N) is 2. The van der Waals surface area contributed by atoms with Gasteiger partial charge < -0.3 is 5.32 Å². The molecule has 0 aliphatic carbocycles. The molecule has 168 valence electrons. The number of carbonyl (C=O) groups excluding carboxylic acids is 1. The van der Waals surface area contributed by atoms with E-state index >= 15 is 0 Å². The Kier molecular flexibility index (Phi) is 7.82. The van der Waals surface area contributed by atoms with Gasteiger partial charge in [0.15, 0.2) is 0 Å². The van der Waals surface area contributed by atoms with Crippen LogP contribution in [0.2, 0.25) is 5.02 Å². The zero-order chi connectivity index (χ0) is 21.9. The molecule has 1 amide bonds. The molecule has 0 aromatic heterocycles. The summed E-state index contributed by atoms with van der Waals surface area (Å²) in [5.41, 5.74) is 0.322. The van der Waals surface area contributed by atoms with Crippen LogP contribution >= 0.6 is 11.6 Å². The van der Waals surface area contributed by atoms with E-state index in [-0.39, 0.29) is 21.9 Å². The first kappa shape index (κ1) is 23.5. The summed E-state index contributed by atoms with van der Waals surface area (Å²) in [5.74, 6) is 0.811. The van der Waals surface area contributed by atoms with E-state index in [1.54, 1.807) is 6.07 Å². The Morgan fingerprint density at radius 2 is 1.87 bits per heavy atom. The number of hydrogen-bond acceptors (Lipinski definition) is 4. The first-order valence-electron chi connectivity index (χ1n) is 11.0. The van der Waals surface area contributed by atoms with Gasteiger partial charge in [0.1, 0.15) is 4.90 Å². The third kappa shape index (κ3) is 5.55. The van der Waals surface area contributed by atoms with Gasteiger partial charge in [0.05, 0.1) is 5.02 Å². The third-order valence-electron chi connectivity index (χ3n) is 6.43.